The molecule has 0 spiro atoms. The zero-order valence-corrected chi connectivity index (χ0v) is 18.5. The van der Waals surface area contributed by atoms with E-state index < -0.39 is 36.8 Å². The van der Waals surface area contributed by atoms with Gasteiger partial charge in [0, 0.05) is 35.1 Å². The minimum atomic E-state index is -4.55. The number of halogens is 2. The van der Waals surface area contributed by atoms with Gasteiger partial charge in [0.1, 0.15) is 27.1 Å². The lowest BCUT2D eigenvalue weighted by Gasteiger charge is -2.11. The van der Waals surface area contributed by atoms with E-state index in [4.69, 9.17) is 0 Å². The number of fused-ring (bicyclic) bond motifs is 2. The fourth-order valence-corrected chi connectivity index (χ4v) is 5.67. The van der Waals surface area contributed by atoms with Gasteiger partial charge in [-0.2, -0.15) is 4.98 Å². The van der Waals surface area contributed by atoms with E-state index in [0.29, 0.717) is 6.07 Å². The Labute approximate surface area is 189 Å². The highest BCUT2D eigenvalue weighted by molar-refractivity contribution is 7.91. The van der Waals surface area contributed by atoms with E-state index >= 15 is 0 Å². The first-order valence-electron chi connectivity index (χ1n) is 9.55. The maximum Gasteiger partial charge on any atom is 0.271 e. The molecule has 0 aliphatic heterocycles. The van der Waals surface area contributed by atoms with Crippen LogP contribution in [0.4, 0.5) is 20.4 Å². The third-order valence-corrected chi connectivity index (χ3v) is 7.78. The van der Waals surface area contributed by atoms with Gasteiger partial charge in [0.05, 0.1) is 0 Å². The molecule has 1 N–H and O–H groups in total. The van der Waals surface area contributed by atoms with E-state index in [-0.39, 0.29) is 17.0 Å². The zero-order valence-electron chi connectivity index (χ0n) is 16.9. The summed E-state index contributed by atoms with van der Waals surface area (Å²) in [5.74, 6) is -1.99. The second kappa shape index (κ2) is 7.71. The van der Waals surface area contributed by atoms with E-state index in [9.17, 15) is 22.0 Å². The summed E-state index contributed by atoms with van der Waals surface area (Å²) >= 11 is 1.62. The number of hydrogen-bond donors (Lipinski definition) is 1. The number of hydrogen-bond acceptors (Lipinski definition) is 7. The molecule has 0 amide bonds. The van der Waals surface area contributed by atoms with E-state index in [0.717, 1.165) is 38.5 Å². The standard InChI is InChI=1S/C22H14F2N4O3S2/c1-28-20-13(9-19(21(28)29)33(30,31)18-5-2-14(23)10-16(18)24)11-25-22(27-20)26-15-3-4-17-12(8-15)6-7-32-17/h2-11H,1H3,(H,25,26,27). The molecule has 3 heterocycles. The number of sulfone groups is 1. The first-order valence-corrected chi connectivity index (χ1v) is 11.9. The summed E-state index contributed by atoms with van der Waals surface area (Å²) < 4.78 is 55.5. The Balaban J connectivity index is 1.58. The molecule has 0 aliphatic rings. The van der Waals surface area contributed by atoms with Crippen molar-refractivity contribution >= 4 is 53.9 Å². The molecule has 5 rings (SSSR count). The normalized spacial score (nSPS) is 11.8. The molecule has 0 unspecified atom stereocenters. The van der Waals surface area contributed by atoms with Crippen molar-refractivity contribution in [1.29, 1.82) is 0 Å². The highest BCUT2D eigenvalue weighted by atomic mass is 32.2. The lowest BCUT2D eigenvalue weighted by atomic mass is 10.2. The van der Waals surface area contributed by atoms with Gasteiger partial charge < -0.3 is 5.32 Å². The average Bonchev–Trinajstić information content (AvgIpc) is 3.24. The molecular weight excluding hydrogens is 470 g/mol. The van der Waals surface area contributed by atoms with Crippen molar-refractivity contribution < 1.29 is 17.2 Å². The van der Waals surface area contributed by atoms with Crippen molar-refractivity contribution in [3.63, 3.8) is 0 Å². The lowest BCUT2D eigenvalue weighted by molar-refractivity contribution is 0.548. The van der Waals surface area contributed by atoms with Crippen molar-refractivity contribution in [3.8, 4) is 0 Å². The number of aromatic nitrogens is 3. The minimum absolute atomic E-state index is 0.188. The number of thiophene rings is 1. The average molecular weight is 485 g/mol. The van der Waals surface area contributed by atoms with Crippen LogP contribution in [0.5, 0.6) is 0 Å². The molecule has 2 aromatic carbocycles. The van der Waals surface area contributed by atoms with Crippen molar-refractivity contribution in [2.45, 2.75) is 9.79 Å². The molecule has 166 valence electrons. The summed E-state index contributed by atoms with van der Waals surface area (Å²) in [5.41, 5.74) is 0.0411. The van der Waals surface area contributed by atoms with Crippen LogP contribution in [0, 0.1) is 11.6 Å². The Morgan fingerprint density at radius 2 is 1.82 bits per heavy atom. The molecule has 7 nitrogen and oxygen atoms in total. The zero-order chi connectivity index (χ0) is 23.3. The summed E-state index contributed by atoms with van der Waals surface area (Å²) in [5, 5.41) is 6.38. The van der Waals surface area contributed by atoms with Crippen molar-refractivity contribution in [2.24, 2.45) is 7.05 Å². The number of pyridine rings is 1. The summed E-state index contributed by atoms with van der Waals surface area (Å²) in [7, 11) is -3.19. The monoisotopic (exact) mass is 484 g/mol. The number of aryl methyl sites for hydroxylation is 1. The van der Waals surface area contributed by atoms with Crippen molar-refractivity contribution in [1.82, 2.24) is 14.5 Å². The summed E-state index contributed by atoms with van der Waals surface area (Å²) in [6, 6.07) is 10.9. The van der Waals surface area contributed by atoms with Gasteiger partial charge in [-0.05, 0) is 53.2 Å². The first-order chi connectivity index (χ1) is 15.7. The Morgan fingerprint density at radius 1 is 1.00 bits per heavy atom. The van der Waals surface area contributed by atoms with Crippen LogP contribution >= 0.6 is 11.3 Å². The van der Waals surface area contributed by atoms with Crippen LogP contribution in [0.15, 0.2) is 74.7 Å². The quantitative estimate of drug-likeness (QED) is 0.380. The van der Waals surface area contributed by atoms with Gasteiger partial charge in [0.25, 0.3) is 5.56 Å². The van der Waals surface area contributed by atoms with Gasteiger partial charge in [0.15, 0.2) is 0 Å². The third-order valence-electron chi connectivity index (χ3n) is 5.10. The Morgan fingerprint density at radius 3 is 2.61 bits per heavy atom. The maximum absolute atomic E-state index is 14.2. The van der Waals surface area contributed by atoms with Crippen LogP contribution in [0.2, 0.25) is 0 Å². The lowest BCUT2D eigenvalue weighted by Crippen LogP contribution is -2.25. The van der Waals surface area contributed by atoms with E-state index in [2.05, 4.69) is 15.3 Å². The van der Waals surface area contributed by atoms with Crippen LogP contribution in [0.1, 0.15) is 0 Å². The van der Waals surface area contributed by atoms with Crippen LogP contribution < -0.4 is 10.9 Å². The largest absolute Gasteiger partial charge is 0.324 e. The van der Waals surface area contributed by atoms with Crippen LogP contribution in [-0.4, -0.2) is 23.0 Å². The van der Waals surface area contributed by atoms with Crippen LogP contribution in [-0.2, 0) is 16.9 Å². The van der Waals surface area contributed by atoms with Gasteiger partial charge in [-0.15, -0.1) is 11.3 Å². The molecule has 0 radical (unpaired) electrons. The molecular formula is C22H14F2N4O3S2. The molecule has 3 aromatic heterocycles. The molecule has 0 saturated carbocycles. The minimum Gasteiger partial charge on any atom is -0.324 e. The van der Waals surface area contributed by atoms with Gasteiger partial charge in [-0.25, -0.2) is 22.2 Å². The van der Waals surface area contributed by atoms with Gasteiger partial charge in [0.2, 0.25) is 15.8 Å². The fraction of sp³-hybridized carbons (Fsp3) is 0.0455. The second-order valence-corrected chi connectivity index (χ2v) is 10.1. The summed E-state index contributed by atoms with van der Waals surface area (Å²) in [6.07, 6.45) is 1.37. The molecule has 0 atom stereocenters. The SMILES string of the molecule is Cn1c(=O)c(S(=O)(=O)c2ccc(F)cc2F)cc2cnc(Nc3ccc4sccc4c3)nc21. The molecule has 0 bridgehead atoms. The first kappa shape index (κ1) is 21.2. The number of benzene rings is 2. The number of nitrogens with zero attached hydrogens (tertiary/aromatic N) is 3. The predicted octanol–water partition coefficient (Wildman–Crippen LogP) is 4.40. The second-order valence-electron chi connectivity index (χ2n) is 7.22. The molecule has 5 aromatic rings. The van der Waals surface area contributed by atoms with Crippen molar-refractivity contribution in [3.05, 3.63) is 82.1 Å². The molecule has 33 heavy (non-hydrogen) atoms. The maximum atomic E-state index is 14.2. The molecule has 11 heteroatoms. The highest BCUT2D eigenvalue weighted by Crippen LogP contribution is 2.27. The summed E-state index contributed by atoms with van der Waals surface area (Å²) in [6.45, 7) is 0. The van der Waals surface area contributed by atoms with E-state index in [1.54, 1.807) is 11.3 Å². The van der Waals surface area contributed by atoms with Gasteiger partial charge >= 0.3 is 0 Å². The molecule has 0 fully saturated rings. The number of nitrogens with one attached hydrogen (secondary N) is 1. The highest BCUT2D eigenvalue weighted by Gasteiger charge is 2.27. The van der Waals surface area contributed by atoms with Crippen LogP contribution in [0.3, 0.4) is 0 Å². The smallest absolute Gasteiger partial charge is 0.271 e. The Bertz CT molecular complexity index is 1730. The van der Waals surface area contributed by atoms with Crippen molar-refractivity contribution in [2.75, 3.05) is 5.32 Å². The predicted molar refractivity (Wildman–Crippen MR) is 122 cm³/mol. The topological polar surface area (TPSA) is 94.0 Å². The van der Waals surface area contributed by atoms with Gasteiger partial charge in [-0.3, -0.25) is 9.36 Å². The molecule has 0 aliphatic carbocycles. The fourth-order valence-electron chi connectivity index (χ4n) is 3.45. The number of rotatable bonds is 4. The Kier molecular flexibility index (Phi) is 4.94. The number of anilines is 2. The van der Waals surface area contributed by atoms with Crippen LogP contribution in [0.25, 0.3) is 21.1 Å². The van der Waals surface area contributed by atoms with E-state index in [1.807, 2.05) is 29.6 Å². The van der Waals surface area contributed by atoms with Gasteiger partial charge in [-0.1, -0.05) is 0 Å². The van der Waals surface area contributed by atoms with E-state index in [1.165, 1.54) is 13.2 Å². The Hall–Kier alpha value is -3.70. The summed E-state index contributed by atoms with van der Waals surface area (Å²) in [4.78, 5) is 20.0. The third kappa shape index (κ3) is 3.64. The molecule has 0 saturated heterocycles.